The fourth-order valence-corrected chi connectivity index (χ4v) is 10.9. The van der Waals surface area contributed by atoms with E-state index in [1.165, 1.54) is 19.3 Å². The zero-order valence-corrected chi connectivity index (χ0v) is 21.6. The molecule has 0 aromatic carbocycles. The highest BCUT2D eigenvalue weighted by molar-refractivity contribution is 5.17. The van der Waals surface area contributed by atoms with Crippen molar-refractivity contribution in [2.75, 3.05) is 13.7 Å². The quantitative estimate of drug-likeness (QED) is 0.553. The van der Waals surface area contributed by atoms with Crippen molar-refractivity contribution in [2.45, 2.75) is 109 Å². The maximum Gasteiger partial charge on any atom is 0.184 e. The summed E-state index contributed by atoms with van der Waals surface area (Å²) in [5.74, 6) is 3.29. The fourth-order valence-electron chi connectivity index (χ4n) is 10.9. The molecule has 0 aromatic rings. The third-order valence-corrected chi connectivity index (χ3v) is 12.4. The molecular weight excluding hydrogens is 412 g/mol. The van der Waals surface area contributed by atoms with Gasteiger partial charge in [-0.15, -0.1) is 0 Å². The summed E-state index contributed by atoms with van der Waals surface area (Å²) in [4.78, 5) is 0. The lowest BCUT2D eigenvalue weighted by Gasteiger charge is -2.63. The van der Waals surface area contributed by atoms with Crippen LogP contribution in [-0.4, -0.2) is 48.8 Å². The molecule has 2 heterocycles. The lowest BCUT2D eigenvalue weighted by atomic mass is 9.43. The molecule has 14 unspecified atom stereocenters. The first-order chi connectivity index (χ1) is 15.6. The summed E-state index contributed by atoms with van der Waals surface area (Å²) in [6.45, 7) is 10.9. The van der Waals surface area contributed by atoms with E-state index in [4.69, 9.17) is 15.2 Å². The first-order valence-corrected chi connectivity index (χ1v) is 14.0. The van der Waals surface area contributed by atoms with E-state index < -0.39 is 5.79 Å². The summed E-state index contributed by atoms with van der Waals surface area (Å²) in [5, 5.41) is 15.5. The molecule has 188 valence electrons. The van der Waals surface area contributed by atoms with Crippen LogP contribution in [0.1, 0.15) is 79.1 Å². The van der Waals surface area contributed by atoms with Crippen molar-refractivity contribution in [1.82, 2.24) is 5.32 Å². The minimum atomic E-state index is -0.497. The van der Waals surface area contributed by atoms with E-state index in [0.29, 0.717) is 52.9 Å². The Balaban J connectivity index is 1.33. The maximum absolute atomic E-state index is 11.6. The van der Waals surface area contributed by atoms with Crippen molar-refractivity contribution in [3.05, 3.63) is 0 Å². The van der Waals surface area contributed by atoms with Crippen LogP contribution in [0.3, 0.4) is 0 Å². The molecule has 2 saturated heterocycles. The number of hydrogen-bond donors (Lipinski definition) is 3. The molecule has 6 aliphatic rings. The van der Waals surface area contributed by atoms with Crippen LogP contribution >= 0.6 is 0 Å². The average Bonchev–Trinajstić information content (AvgIpc) is 3.06. The summed E-state index contributed by atoms with van der Waals surface area (Å²) in [6, 6.07) is 0.582. The Hall–Kier alpha value is -0.200. The number of rotatable bonds is 1. The van der Waals surface area contributed by atoms with Gasteiger partial charge in [0.05, 0.1) is 18.2 Å². The van der Waals surface area contributed by atoms with Gasteiger partial charge in [0.15, 0.2) is 5.79 Å². The first-order valence-electron chi connectivity index (χ1n) is 14.0. The second kappa shape index (κ2) is 7.65. The van der Waals surface area contributed by atoms with E-state index in [9.17, 15) is 5.11 Å². The number of aliphatic hydroxyl groups is 1. The van der Waals surface area contributed by atoms with Crippen LogP contribution in [0.25, 0.3) is 0 Å². The monoisotopic (exact) mass is 460 g/mol. The second-order valence-corrected chi connectivity index (χ2v) is 13.9. The van der Waals surface area contributed by atoms with Crippen molar-refractivity contribution in [3.63, 3.8) is 0 Å². The number of hydrogen-bond acceptors (Lipinski definition) is 5. The second-order valence-electron chi connectivity index (χ2n) is 13.9. The van der Waals surface area contributed by atoms with Crippen LogP contribution in [0, 0.1) is 52.3 Å². The largest absolute Gasteiger partial charge is 0.393 e. The van der Waals surface area contributed by atoms with Crippen LogP contribution in [0.15, 0.2) is 0 Å². The molecule has 6 fully saturated rings. The Labute approximate surface area is 200 Å². The smallest absolute Gasteiger partial charge is 0.184 e. The van der Waals surface area contributed by atoms with Crippen molar-refractivity contribution < 1.29 is 14.6 Å². The number of ether oxygens (including phenoxy) is 2. The fraction of sp³-hybridized carbons (Fsp3) is 1.00. The van der Waals surface area contributed by atoms with Gasteiger partial charge >= 0.3 is 0 Å². The molecule has 14 atom stereocenters. The number of piperidine rings is 1. The molecule has 0 radical (unpaired) electrons. The highest BCUT2D eigenvalue weighted by atomic mass is 16.7. The van der Waals surface area contributed by atoms with E-state index in [2.05, 4.69) is 33.0 Å². The summed E-state index contributed by atoms with van der Waals surface area (Å²) in [5.41, 5.74) is 6.98. The zero-order valence-electron chi connectivity index (χ0n) is 21.6. The lowest BCUT2D eigenvalue weighted by molar-refractivity contribution is -0.322. The maximum atomic E-state index is 11.6. The average molecular weight is 461 g/mol. The molecule has 5 heteroatoms. The number of nitrogens with two attached hydrogens (primary N) is 1. The van der Waals surface area contributed by atoms with Crippen molar-refractivity contribution in [3.8, 4) is 0 Å². The molecule has 5 nitrogen and oxygen atoms in total. The third-order valence-electron chi connectivity index (χ3n) is 12.4. The Morgan fingerprint density at radius 3 is 2.55 bits per heavy atom. The number of fused-ring (bicyclic) bond motifs is 8. The van der Waals surface area contributed by atoms with Gasteiger partial charge in [0.1, 0.15) is 0 Å². The van der Waals surface area contributed by atoms with Gasteiger partial charge in [0, 0.05) is 19.6 Å². The molecule has 33 heavy (non-hydrogen) atoms. The molecule has 4 saturated carbocycles. The highest BCUT2D eigenvalue weighted by Crippen LogP contribution is 2.70. The normalized spacial score (nSPS) is 62.5. The van der Waals surface area contributed by atoms with E-state index in [1.54, 1.807) is 0 Å². The summed E-state index contributed by atoms with van der Waals surface area (Å²) < 4.78 is 13.2. The van der Waals surface area contributed by atoms with Gasteiger partial charge < -0.3 is 25.6 Å². The Bertz CT molecular complexity index is 778. The minimum Gasteiger partial charge on any atom is -0.393 e. The van der Waals surface area contributed by atoms with Crippen molar-refractivity contribution in [1.29, 1.82) is 0 Å². The molecule has 0 aromatic heterocycles. The molecule has 0 amide bonds. The Kier molecular flexibility index (Phi) is 5.38. The Morgan fingerprint density at radius 2 is 1.79 bits per heavy atom. The first kappa shape index (κ1) is 23.2. The van der Waals surface area contributed by atoms with Crippen molar-refractivity contribution in [2.24, 2.45) is 58.0 Å². The summed E-state index contributed by atoms with van der Waals surface area (Å²) in [7, 11) is 1.85. The van der Waals surface area contributed by atoms with Crippen molar-refractivity contribution >= 4 is 0 Å². The van der Waals surface area contributed by atoms with Crippen LogP contribution in [-0.2, 0) is 9.47 Å². The van der Waals surface area contributed by atoms with Gasteiger partial charge in [-0.3, -0.25) is 0 Å². The van der Waals surface area contributed by atoms with Gasteiger partial charge in [-0.25, -0.2) is 0 Å². The topological polar surface area (TPSA) is 76.7 Å². The SMILES string of the molecule is COC12CC(C)CNC1C(C)C1C(CC3C4C(O)CC5CC(N)CCC5(C)C4CCC31C)O2. The number of aliphatic hydroxyl groups excluding tert-OH is 1. The molecule has 0 bridgehead atoms. The van der Waals surface area contributed by atoms with Crippen LogP contribution < -0.4 is 11.1 Å². The van der Waals surface area contributed by atoms with Crippen LogP contribution in [0.4, 0.5) is 0 Å². The van der Waals surface area contributed by atoms with Gasteiger partial charge in [0.2, 0.25) is 0 Å². The molecule has 4 N–H and O–H groups in total. The van der Waals surface area contributed by atoms with E-state index in [-0.39, 0.29) is 23.7 Å². The number of nitrogens with one attached hydrogen (secondary N) is 1. The van der Waals surface area contributed by atoms with Gasteiger partial charge in [-0.1, -0.05) is 27.7 Å². The van der Waals surface area contributed by atoms with Gasteiger partial charge in [-0.2, -0.15) is 0 Å². The Morgan fingerprint density at radius 1 is 1.03 bits per heavy atom. The molecular formula is C28H48N2O3. The van der Waals surface area contributed by atoms with Gasteiger partial charge in [0.25, 0.3) is 0 Å². The van der Waals surface area contributed by atoms with Crippen LogP contribution in [0.5, 0.6) is 0 Å². The van der Waals surface area contributed by atoms with E-state index in [1.807, 2.05) is 7.11 Å². The molecule has 2 aliphatic heterocycles. The zero-order chi connectivity index (χ0) is 23.3. The van der Waals surface area contributed by atoms with Gasteiger partial charge in [-0.05, 0) is 104 Å². The molecule has 6 rings (SSSR count). The molecule has 4 aliphatic carbocycles. The van der Waals surface area contributed by atoms with Crippen LogP contribution in [0.2, 0.25) is 0 Å². The predicted octanol–water partition coefficient (Wildman–Crippen LogP) is 3.93. The summed E-state index contributed by atoms with van der Waals surface area (Å²) >= 11 is 0. The summed E-state index contributed by atoms with van der Waals surface area (Å²) in [6.07, 6.45) is 9.12. The lowest BCUT2D eigenvalue weighted by Crippen LogP contribution is -2.69. The third kappa shape index (κ3) is 3.08. The van der Waals surface area contributed by atoms with E-state index >= 15 is 0 Å². The van der Waals surface area contributed by atoms with E-state index in [0.717, 1.165) is 38.6 Å². The highest BCUT2D eigenvalue weighted by Gasteiger charge is 2.69. The predicted molar refractivity (Wildman–Crippen MR) is 129 cm³/mol. The molecule has 0 spiro atoms. The minimum absolute atomic E-state index is 0.185. The number of methoxy groups -OCH3 is 1. The standard InChI is InChI=1S/C28H48N2O3/c1-15-13-28(32-5)25(30-14-15)16(2)24-22(33-28)12-20-23-19(7-9-27(20,24)4)26(3)8-6-18(29)10-17(26)11-21(23)31/h15-25,30-31H,6-14,29H2,1-5H3.